The number of nitrogens with one attached hydrogen (secondary N) is 1. The average Bonchev–Trinajstić information content (AvgIpc) is 2.77. The van der Waals surface area contributed by atoms with Gasteiger partial charge in [0.1, 0.15) is 18.1 Å². The first-order chi connectivity index (χ1) is 8.28. The van der Waals surface area contributed by atoms with Gasteiger partial charge in [-0.3, -0.25) is 0 Å². The normalized spacial score (nSPS) is 10.5. The van der Waals surface area contributed by atoms with Crippen LogP contribution in [0.5, 0.6) is 0 Å². The molecule has 0 saturated carbocycles. The number of ether oxygens (including phenoxy) is 1. The van der Waals surface area contributed by atoms with Gasteiger partial charge in [-0.15, -0.1) is 0 Å². The SMILES string of the molecule is COCc1cc(CNc2ccc(Cl)cn2)no1. The molecule has 0 bridgehead atoms. The monoisotopic (exact) mass is 253 g/mol. The summed E-state index contributed by atoms with van der Waals surface area (Å²) in [6.45, 7) is 0.966. The molecular weight excluding hydrogens is 242 g/mol. The van der Waals surface area contributed by atoms with E-state index in [1.807, 2.05) is 6.07 Å². The molecule has 0 fully saturated rings. The Hall–Kier alpha value is -1.59. The summed E-state index contributed by atoms with van der Waals surface area (Å²) in [5, 5.41) is 7.62. The van der Waals surface area contributed by atoms with Crippen molar-refractivity contribution < 1.29 is 9.26 Å². The number of nitrogens with zero attached hydrogens (tertiary/aromatic N) is 2. The molecule has 2 rings (SSSR count). The highest BCUT2D eigenvalue weighted by molar-refractivity contribution is 6.30. The summed E-state index contributed by atoms with van der Waals surface area (Å²) < 4.78 is 9.99. The molecule has 0 aliphatic rings. The lowest BCUT2D eigenvalue weighted by Crippen LogP contribution is -2.00. The van der Waals surface area contributed by atoms with Crippen molar-refractivity contribution in [2.75, 3.05) is 12.4 Å². The molecule has 2 aromatic heterocycles. The molecule has 6 heteroatoms. The molecule has 0 aliphatic carbocycles. The molecule has 0 aromatic carbocycles. The largest absolute Gasteiger partial charge is 0.377 e. The van der Waals surface area contributed by atoms with Crippen LogP contribution >= 0.6 is 11.6 Å². The summed E-state index contributed by atoms with van der Waals surface area (Å²) in [6, 6.07) is 5.42. The fourth-order valence-corrected chi connectivity index (χ4v) is 1.42. The third-order valence-corrected chi connectivity index (χ3v) is 2.30. The maximum absolute atomic E-state index is 5.74. The van der Waals surface area contributed by atoms with Gasteiger partial charge in [0.15, 0.2) is 5.76 Å². The van der Waals surface area contributed by atoms with Crippen molar-refractivity contribution >= 4 is 17.4 Å². The smallest absolute Gasteiger partial charge is 0.162 e. The van der Waals surface area contributed by atoms with Crippen LogP contribution in [0, 0.1) is 0 Å². The van der Waals surface area contributed by atoms with Gasteiger partial charge >= 0.3 is 0 Å². The molecule has 5 nitrogen and oxygen atoms in total. The fraction of sp³-hybridized carbons (Fsp3) is 0.273. The second kappa shape index (κ2) is 5.65. The minimum atomic E-state index is 0.423. The highest BCUT2D eigenvalue weighted by Crippen LogP contribution is 2.11. The van der Waals surface area contributed by atoms with Gasteiger partial charge < -0.3 is 14.6 Å². The van der Waals surface area contributed by atoms with Crippen molar-refractivity contribution in [1.82, 2.24) is 10.1 Å². The summed E-state index contributed by atoms with van der Waals surface area (Å²) in [6.07, 6.45) is 1.59. The summed E-state index contributed by atoms with van der Waals surface area (Å²) >= 11 is 5.74. The first-order valence-electron chi connectivity index (χ1n) is 5.07. The van der Waals surface area contributed by atoms with Gasteiger partial charge in [-0.25, -0.2) is 4.98 Å². The molecule has 2 aromatic rings. The minimum Gasteiger partial charge on any atom is -0.377 e. The molecule has 0 unspecified atom stereocenters. The lowest BCUT2D eigenvalue weighted by molar-refractivity contribution is 0.156. The first-order valence-corrected chi connectivity index (χ1v) is 5.44. The molecule has 0 spiro atoms. The number of halogens is 1. The molecule has 0 saturated heterocycles. The van der Waals surface area contributed by atoms with Gasteiger partial charge in [-0.1, -0.05) is 16.8 Å². The summed E-state index contributed by atoms with van der Waals surface area (Å²) in [5.41, 5.74) is 0.800. The maximum Gasteiger partial charge on any atom is 0.162 e. The Morgan fingerprint density at radius 1 is 1.47 bits per heavy atom. The van der Waals surface area contributed by atoms with Crippen LogP contribution in [0.25, 0.3) is 0 Å². The van der Waals surface area contributed by atoms with Crippen molar-refractivity contribution in [3.05, 3.63) is 40.9 Å². The van der Waals surface area contributed by atoms with E-state index in [9.17, 15) is 0 Å². The number of anilines is 1. The second-order valence-electron chi connectivity index (χ2n) is 3.43. The molecule has 90 valence electrons. The Kier molecular flexibility index (Phi) is 3.95. The number of hydrogen-bond donors (Lipinski definition) is 1. The van der Waals surface area contributed by atoms with Crippen molar-refractivity contribution in [1.29, 1.82) is 0 Å². The van der Waals surface area contributed by atoms with Crippen molar-refractivity contribution in [2.45, 2.75) is 13.2 Å². The fourth-order valence-electron chi connectivity index (χ4n) is 1.31. The van der Waals surface area contributed by atoms with E-state index in [4.69, 9.17) is 20.9 Å². The van der Waals surface area contributed by atoms with E-state index in [0.29, 0.717) is 23.9 Å². The molecule has 0 amide bonds. The van der Waals surface area contributed by atoms with E-state index in [-0.39, 0.29) is 0 Å². The van der Waals surface area contributed by atoms with Crippen LogP contribution in [0.1, 0.15) is 11.5 Å². The third kappa shape index (κ3) is 3.44. The van der Waals surface area contributed by atoms with E-state index in [1.54, 1.807) is 25.4 Å². The zero-order chi connectivity index (χ0) is 12.1. The van der Waals surface area contributed by atoms with Crippen LogP contribution in [0.2, 0.25) is 5.02 Å². The van der Waals surface area contributed by atoms with Crippen LogP contribution in [0.3, 0.4) is 0 Å². The number of methoxy groups -OCH3 is 1. The van der Waals surface area contributed by atoms with Gasteiger partial charge in [-0.05, 0) is 12.1 Å². The van der Waals surface area contributed by atoms with E-state index < -0.39 is 0 Å². The zero-order valence-corrected chi connectivity index (χ0v) is 10.1. The van der Waals surface area contributed by atoms with E-state index in [0.717, 1.165) is 11.5 Å². The standard InChI is InChI=1S/C11H12ClN3O2/c1-16-7-10-4-9(15-17-10)6-14-11-3-2-8(12)5-13-11/h2-5H,6-7H2,1H3,(H,13,14). The summed E-state index contributed by atoms with van der Waals surface area (Å²) in [7, 11) is 1.61. The number of rotatable bonds is 5. The van der Waals surface area contributed by atoms with Gasteiger partial charge in [0.25, 0.3) is 0 Å². The second-order valence-corrected chi connectivity index (χ2v) is 3.87. The first kappa shape index (κ1) is 11.9. The Labute approximate surface area is 104 Å². The zero-order valence-electron chi connectivity index (χ0n) is 9.31. The molecule has 0 atom stereocenters. The topological polar surface area (TPSA) is 60.2 Å². The highest BCUT2D eigenvalue weighted by Gasteiger charge is 2.03. The predicted octanol–water partition coefficient (Wildman–Crippen LogP) is 2.48. The average molecular weight is 254 g/mol. The van der Waals surface area contributed by atoms with Gasteiger partial charge in [0.05, 0.1) is 11.6 Å². The minimum absolute atomic E-state index is 0.423. The maximum atomic E-state index is 5.74. The van der Waals surface area contributed by atoms with E-state index >= 15 is 0 Å². The molecule has 1 N–H and O–H groups in total. The number of pyridine rings is 1. The Balaban J connectivity index is 1.90. The molecule has 17 heavy (non-hydrogen) atoms. The van der Waals surface area contributed by atoms with E-state index in [1.165, 1.54) is 0 Å². The summed E-state index contributed by atoms with van der Waals surface area (Å²) in [5.74, 6) is 1.44. The predicted molar refractivity (Wildman–Crippen MR) is 63.8 cm³/mol. The molecule has 0 radical (unpaired) electrons. The van der Waals surface area contributed by atoms with Gasteiger partial charge in [0, 0.05) is 19.4 Å². The van der Waals surface area contributed by atoms with Crippen LogP contribution in [-0.2, 0) is 17.9 Å². The Morgan fingerprint density at radius 3 is 3.06 bits per heavy atom. The number of aromatic nitrogens is 2. The molecule has 2 heterocycles. The van der Waals surface area contributed by atoms with Crippen LogP contribution < -0.4 is 5.32 Å². The van der Waals surface area contributed by atoms with Crippen molar-refractivity contribution in [3.8, 4) is 0 Å². The molecular formula is C11H12ClN3O2. The van der Waals surface area contributed by atoms with Crippen LogP contribution in [-0.4, -0.2) is 17.3 Å². The van der Waals surface area contributed by atoms with Crippen molar-refractivity contribution in [2.24, 2.45) is 0 Å². The van der Waals surface area contributed by atoms with Crippen molar-refractivity contribution in [3.63, 3.8) is 0 Å². The lowest BCUT2D eigenvalue weighted by Gasteiger charge is -2.01. The number of hydrogen-bond acceptors (Lipinski definition) is 5. The Bertz CT molecular complexity index is 470. The van der Waals surface area contributed by atoms with E-state index in [2.05, 4.69) is 15.5 Å². The van der Waals surface area contributed by atoms with Gasteiger partial charge in [0.2, 0.25) is 0 Å². The van der Waals surface area contributed by atoms with Crippen LogP contribution in [0.4, 0.5) is 5.82 Å². The molecule has 0 aliphatic heterocycles. The van der Waals surface area contributed by atoms with Gasteiger partial charge in [-0.2, -0.15) is 0 Å². The third-order valence-electron chi connectivity index (χ3n) is 2.07. The Morgan fingerprint density at radius 2 is 2.35 bits per heavy atom. The summed E-state index contributed by atoms with van der Waals surface area (Å²) in [4.78, 5) is 4.11. The lowest BCUT2D eigenvalue weighted by atomic mass is 10.3. The quantitative estimate of drug-likeness (QED) is 0.887. The van der Waals surface area contributed by atoms with Crippen LogP contribution in [0.15, 0.2) is 28.9 Å². The highest BCUT2D eigenvalue weighted by atomic mass is 35.5.